The Morgan fingerprint density at radius 1 is 0.467 bits per heavy atom. The van der Waals surface area contributed by atoms with Gasteiger partial charge in [-0.1, -0.05) is 54.6 Å². The molecule has 6 aromatic heterocycles. The molecule has 4 aromatic carbocycles. The molecule has 210 valence electrons. The monoisotopic (exact) mass is 593 g/mol. The fourth-order valence-corrected chi connectivity index (χ4v) is 7.88. The van der Waals surface area contributed by atoms with Crippen LogP contribution in [0.1, 0.15) is 0 Å². The van der Waals surface area contributed by atoms with E-state index in [2.05, 4.69) is 118 Å². The summed E-state index contributed by atoms with van der Waals surface area (Å²) in [6.45, 7) is 0. The number of benzene rings is 4. The molecule has 0 saturated heterocycles. The van der Waals surface area contributed by atoms with Gasteiger partial charge in [0.2, 0.25) is 0 Å². The maximum Gasteiger partial charge on any atom is 0.124 e. The third-order valence-electron chi connectivity index (χ3n) is 8.87. The third-order valence-corrected chi connectivity index (χ3v) is 9.96. The van der Waals surface area contributed by atoms with Gasteiger partial charge in [-0.15, -0.1) is 11.3 Å². The highest BCUT2D eigenvalue weighted by Gasteiger charge is 2.17. The summed E-state index contributed by atoms with van der Waals surface area (Å²) in [5, 5.41) is 5.88. The smallest absolute Gasteiger partial charge is 0.124 e. The van der Waals surface area contributed by atoms with Gasteiger partial charge in [-0.05, 0) is 66.7 Å². The number of fused-ring (bicyclic) bond motifs is 9. The number of thiophene rings is 1. The zero-order chi connectivity index (χ0) is 29.5. The molecule has 0 unspecified atom stereocenters. The predicted octanol–water partition coefficient (Wildman–Crippen LogP) is 10.1. The van der Waals surface area contributed by atoms with Crippen LogP contribution in [0.2, 0.25) is 0 Å². The van der Waals surface area contributed by atoms with Crippen LogP contribution in [0.15, 0.2) is 140 Å². The molecule has 0 amide bonds. The van der Waals surface area contributed by atoms with E-state index in [4.69, 9.17) is 15.0 Å². The Kier molecular flexibility index (Phi) is 5.09. The number of hydrogen-bond donors (Lipinski definition) is 0. The van der Waals surface area contributed by atoms with Gasteiger partial charge in [0.1, 0.15) is 4.83 Å². The minimum Gasteiger partial charge on any atom is -0.308 e. The van der Waals surface area contributed by atoms with E-state index in [9.17, 15) is 0 Å². The van der Waals surface area contributed by atoms with E-state index in [1.54, 1.807) is 11.3 Å². The number of rotatable bonds is 3. The van der Waals surface area contributed by atoms with Crippen molar-refractivity contribution in [3.63, 3.8) is 0 Å². The Morgan fingerprint density at radius 2 is 1.22 bits per heavy atom. The van der Waals surface area contributed by atoms with Crippen molar-refractivity contribution in [2.45, 2.75) is 0 Å². The molecule has 0 N–H and O–H groups in total. The van der Waals surface area contributed by atoms with Crippen LogP contribution < -0.4 is 0 Å². The minimum atomic E-state index is 0.914. The second kappa shape index (κ2) is 9.32. The van der Waals surface area contributed by atoms with E-state index < -0.39 is 0 Å². The summed E-state index contributed by atoms with van der Waals surface area (Å²) in [6, 6.07) is 42.9. The summed E-state index contributed by atoms with van der Waals surface area (Å²) in [6.07, 6.45) is 5.83. The van der Waals surface area contributed by atoms with E-state index in [1.165, 1.54) is 26.4 Å². The molecule has 6 heteroatoms. The Hall–Kier alpha value is -5.85. The number of hydrogen-bond acceptors (Lipinski definition) is 4. The van der Waals surface area contributed by atoms with E-state index >= 15 is 0 Å². The lowest BCUT2D eigenvalue weighted by Gasteiger charge is -2.08. The second-order valence-electron chi connectivity index (χ2n) is 11.4. The number of nitrogens with zero attached hydrogens (tertiary/aromatic N) is 5. The van der Waals surface area contributed by atoms with Gasteiger partial charge in [-0.3, -0.25) is 9.97 Å². The molecule has 0 radical (unpaired) electrons. The molecule has 0 atom stereocenters. The maximum absolute atomic E-state index is 4.99. The van der Waals surface area contributed by atoms with E-state index in [0.29, 0.717) is 0 Å². The molecule has 6 heterocycles. The van der Waals surface area contributed by atoms with Crippen LogP contribution in [0.5, 0.6) is 0 Å². The normalized spacial score (nSPS) is 12.0. The molecule has 45 heavy (non-hydrogen) atoms. The van der Waals surface area contributed by atoms with Gasteiger partial charge in [0.05, 0.1) is 39.5 Å². The lowest BCUT2D eigenvalue weighted by Crippen LogP contribution is -1.94. The van der Waals surface area contributed by atoms with Crippen LogP contribution in [0, 0.1) is 0 Å². The van der Waals surface area contributed by atoms with Crippen molar-refractivity contribution in [2.75, 3.05) is 0 Å². The first-order valence-electron chi connectivity index (χ1n) is 14.9. The summed E-state index contributed by atoms with van der Waals surface area (Å²) >= 11 is 1.73. The molecule has 10 rings (SSSR count). The second-order valence-corrected chi connectivity index (χ2v) is 12.4. The Bertz CT molecular complexity index is 2720. The summed E-state index contributed by atoms with van der Waals surface area (Å²) in [5.41, 5.74) is 9.68. The maximum atomic E-state index is 4.99. The molecule has 0 aliphatic carbocycles. The summed E-state index contributed by atoms with van der Waals surface area (Å²) in [5.74, 6) is 0. The van der Waals surface area contributed by atoms with Crippen molar-refractivity contribution in [3.8, 4) is 22.6 Å². The van der Waals surface area contributed by atoms with Crippen molar-refractivity contribution in [3.05, 3.63) is 140 Å². The number of aromatic nitrogens is 5. The van der Waals surface area contributed by atoms with Crippen LogP contribution in [-0.2, 0) is 0 Å². The lowest BCUT2D eigenvalue weighted by atomic mass is 10.1. The van der Waals surface area contributed by atoms with Gasteiger partial charge in [-0.25, -0.2) is 4.98 Å². The van der Waals surface area contributed by atoms with Crippen LogP contribution in [0.4, 0.5) is 0 Å². The van der Waals surface area contributed by atoms with Crippen molar-refractivity contribution >= 4 is 75.4 Å². The molecule has 0 fully saturated rings. The molecule has 0 aliphatic rings. The topological polar surface area (TPSA) is 48.5 Å². The molecule has 5 nitrogen and oxygen atoms in total. The fraction of sp³-hybridized carbons (Fsp3) is 0. The van der Waals surface area contributed by atoms with E-state index in [1.807, 2.05) is 30.7 Å². The number of para-hydroxylation sites is 3. The molecule has 10 aromatic rings. The zero-order valence-corrected chi connectivity index (χ0v) is 24.7. The Labute approximate surface area is 261 Å². The van der Waals surface area contributed by atoms with Crippen LogP contribution >= 0.6 is 11.3 Å². The molecule has 0 bridgehead atoms. The van der Waals surface area contributed by atoms with Crippen LogP contribution in [0.3, 0.4) is 0 Å². The largest absolute Gasteiger partial charge is 0.308 e. The highest BCUT2D eigenvalue weighted by atomic mass is 32.1. The zero-order valence-electron chi connectivity index (χ0n) is 23.9. The molecular weight excluding hydrogens is 571 g/mol. The summed E-state index contributed by atoms with van der Waals surface area (Å²) < 4.78 is 5.82. The molecule has 0 saturated carbocycles. The standard InChI is InChI=1S/C39H23N5S/c1-2-9-25(10-3-1)43-33-13-6-4-11-27(33)29-21-32(41-23-36(29)43)24-19-31-30-20-26(16-17-37(30)45-39(31)42-22-24)44-34-14-7-5-12-28(34)38-35(44)15-8-18-40-38/h1-23H. The van der Waals surface area contributed by atoms with E-state index in [0.717, 1.165) is 60.3 Å². The van der Waals surface area contributed by atoms with Gasteiger partial charge < -0.3 is 9.13 Å². The van der Waals surface area contributed by atoms with Crippen molar-refractivity contribution in [1.29, 1.82) is 0 Å². The van der Waals surface area contributed by atoms with Crippen LogP contribution in [-0.4, -0.2) is 24.1 Å². The average molecular weight is 594 g/mol. The summed E-state index contributed by atoms with van der Waals surface area (Å²) in [4.78, 5) is 15.7. The highest BCUT2D eigenvalue weighted by molar-refractivity contribution is 7.25. The molecule has 0 aliphatic heterocycles. The van der Waals surface area contributed by atoms with Gasteiger partial charge in [0.15, 0.2) is 0 Å². The fourth-order valence-electron chi connectivity index (χ4n) is 6.87. The van der Waals surface area contributed by atoms with E-state index in [-0.39, 0.29) is 0 Å². The number of pyridine rings is 3. The Balaban J connectivity index is 1.16. The first-order valence-corrected chi connectivity index (χ1v) is 15.8. The first-order chi connectivity index (χ1) is 22.3. The molecule has 0 spiro atoms. The van der Waals surface area contributed by atoms with Crippen molar-refractivity contribution in [1.82, 2.24) is 24.1 Å². The van der Waals surface area contributed by atoms with Crippen LogP contribution in [0.25, 0.3) is 86.7 Å². The first kappa shape index (κ1) is 24.6. The highest BCUT2D eigenvalue weighted by Crippen LogP contribution is 2.39. The van der Waals surface area contributed by atoms with Gasteiger partial charge in [-0.2, -0.15) is 0 Å². The van der Waals surface area contributed by atoms with Gasteiger partial charge >= 0.3 is 0 Å². The van der Waals surface area contributed by atoms with Gasteiger partial charge in [0, 0.05) is 61.0 Å². The predicted molar refractivity (Wildman–Crippen MR) is 187 cm³/mol. The SMILES string of the molecule is c1ccc(-n2c3ccccc3c3cc(-c4cnc5sc6ccc(-n7c8ccccc8c8ncccc87)cc6c5c4)ncc32)cc1. The average Bonchev–Trinajstić information content (AvgIpc) is 3.75. The minimum absolute atomic E-state index is 0.914. The third kappa shape index (κ3) is 3.57. The molecular formula is C39H23N5S. The lowest BCUT2D eigenvalue weighted by molar-refractivity contribution is 1.17. The summed E-state index contributed by atoms with van der Waals surface area (Å²) in [7, 11) is 0. The quantitative estimate of drug-likeness (QED) is 0.205. The Morgan fingerprint density at radius 3 is 2.11 bits per heavy atom. The van der Waals surface area contributed by atoms with Crippen molar-refractivity contribution in [2.24, 2.45) is 0 Å². The van der Waals surface area contributed by atoms with Crippen molar-refractivity contribution < 1.29 is 0 Å². The van der Waals surface area contributed by atoms with Gasteiger partial charge in [0.25, 0.3) is 0 Å².